The SMILES string of the molecule is Cn1c(=O)n(CC(=O)OCC(=O)N(CCC#N)c2ccccc2)c2ccccc21. The molecule has 148 valence electrons. The molecular formula is C21H20N4O4. The van der Waals surface area contributed by atoms with Gasteiger partial charge in [-0.15, -0.1) is 0 Å². The van der Waals surface area contributed by atoms with Crippen molar-refractivity contribution < 1.29 is 14.3 Å². The van der Waals surface area contributed by atoms with Crippen LogP contribution in [0.4, 0.5) is 5.69 Å². The highest BCUT2D eigenvalue weighted by molar-refractivity contribution is 5.95. The van der Waals surface area contributed by atoms with Crippen molar-refractivity contribution in [3.8, 4) is 6.07 Å². The molecule has 0 radical (unpaired) electrons. The van der Waals surface area contributed by atoms with Crippen molar-refractivity contribution in [3.63, 3.8) is 0 Å². The highest BCUT2D eigenvalue weighted by atomic mass is 16.5. The number of amides is 1. The molecule has 29 heavy (non-hydrogen) atoms. The lowest BCUT2D eigenvalue weighted by atomic mass is 10.2. The van der Waals surface area contributed by atoms with Crippen molar-refractivity contribution in [2.75, 3.05) is 18.1 Å². The molecule has 0 saturated heterocycles. The maximum atomic E-state index is 12.6. The number of rotatable bonds is 7. The van der Waals surface area contributed by atoms with Gasteiger partial charge in [0, 0.05) is 19.3 Å². The summed E-state index contributed by atoms with van der Waals surface area (Å²) in [5.74, 6) is -1.13. The summed E-state index contributed by atoms with van der Waals surface area (Å²) in [6.45, 7) is -0.574. The number of imidazole rings is 1. The van der Waals surface area contributed by atoms with Crippen LogP contribution in [-0.4, -0.2) is 34.2 Å². The lowest BCUT2D eigenvalue weighted by molar-refractivity contribution is -0.148. The van der Waals surface area contributed by atoms with E-state index in [4.69, 9.17) is 10.00 Å². The molecule has 0 aliphatic rings. The zero-order valence-electron chi connectivity index (χ0n) is 15.9. The summed E-state index contributed by atoms with van der Waals surface area (Å²) < 4.78 is 7.88. The van der Waals surface area contributed by atoms with Gasteiger partial charge >= 0.3 is 11.7 Å². The molecule has 0 fully saturated rings. The molecule has 0 spiro atoms. The molecule has 3 rings (SSSR count). The maximum absolute atomic E-state index is 12.6. The highest BCUT2D eigenvalue weighted by Gasteiger charge is 2.19. The molecule has 0 bridgehead atoms. The first-order chi connectivity index (χ1) is 14.0. The summed E-state index contributed by atoms with van der Waals surface area (Å²) in [7, 11) is 1.63. The number of ether oxygens (including phenoxy) is 1. The molecule has 0 aliphatic carbocycles. The number of carbonyl (C=O) groups is 2. The standard InChI is InChI=1S/C21H20N4O4/c1-23-17-10-5-6-11-18(17)25(21(23)28)14-20(27)29-15-19(26)24(13-7-12-22)16-8-3-2-4-9-16/h2-6,8-11H,7,13-15H2,1H3. The number of hydrogen-bond acceptors (Lipinski definition) is 5. The zero-order valence-corrected chi connectivity index (χ0v) is 15.9. The third-order valence-corrected chi connectivity index (χ3v) is 4.51. The molecule has 1 heterocycles. The number of nitrogens with zero attached hydrogens (tertiary/aromatic N) is 4. The summed E-state index contributed by atoms with van der Waals surface area (Å²) in [5, 5.41) is 8.83. The first-order valence-corrected chi connectivity index (χ1v) is 9.05. The van der Waals surface area contributed by atoms with E-state index >= 15 is 0 Å². The van der Waals surface area contributed by atoms with Gasteiger partial charge in [-0.05, 0) is 24.3 Å². The molecule has 0 atom stereocenters. The number of nitriles is 1. The maximum Gasteiger partial charge on any atom is 0.329 e. The van der Waals surface area contributed by atoms with Gasteiger partial charge in [-0.25, -0.2) is 4.79 Å². The third kappa shape index (κ3) is 4.35. The fraction of sp³-hybridized carbons (Fsp3) is 0.238. The minimum absolute atomic E-state index is 0.153. The van der Waals surface area contributed by atoms with Crippen molar-refractivity contribution in [2.45, 2.75) is 13.0 Å². The van der Waals surface area contributed by atoms with Gasteiger partial charge in [0.05, 0.1) is 23.5 Å². The predicted molar refractivity (Wildman–Crippen MR) is 107 cm³/mol. The van der Waals surface area contributed by atoms with Gasteiger partial charge in [0.1, 0.15) is 6.54 Å². The Kier molecular flexibility index (Phi) is 6.09. The molecular weight excluding hydrogens is 372 g/mol. The second-order valence-corrected chi connectivity index (χ2v) is 6.37. The van der Waals surface area contributed by atoms with Crippen LogP contribution in [-0.2, 0) is 27.9 Å². The van der Waals surface area contributed by atoms with E-state index in [0.717, 1.165) is 0 Å². The van der Waals surface area contributed by atoms with Crippen LogP contribution in [0, 0.1) is 11.3 Å². The van der Waals surface area contributed by atoms with Gasteiger partial charge in [0.25, 0.3) is 5.91 Å². The zero-order chi connectivity index (χ0) is 20.8. The molecule has 1 amide bonds. The van der Waals surface area contributed by atoms with Crippen LogP contribution in [0.5, 0.6) is 0 Å². The van der Waals surface area contributed by atoms with Gasteiger partial charge in [0.2, 0.25) is 0 Å². The number of aromatic nitrogens is 2. The van der Waals surface area contributed by atoms with Crippen LogP contribution in [0.1, 0.15) is 6.42 Å². The second kappa shape index (κ2) is 8.89. The summed E-state index contributed by atoms with van der Waals surface area (Å²) in [6.07, 6.45) is 0.153. The summed E-state index contributed by atoms with van der Waals surface area (Å²) >= 11 is 0. The van der Waals surface area contributed by atoms with Crippen LogP contribution in [0.3, 0.4) is 0 Å². The Hall–Kier alpha value is -3.86. The van der Waals surface area contributed by atoms with E-state index in [1.54, 1.807) is 49.5 Å². The van der Waals surface area contributed by atoms with E-state index in [-0.39, 0.29) is 25.2 Å². The molecule has 3 aromatic rings. The number of anilines is 1. The Morgan fingerprint density at radius 2 is 1.72 bits per heavy atom. The third-order valence-electron chi connectivity index (χ3n) is 4.51. The molecule has 0 N–H and O–H groups in total. The number of benzene rings is 2. The Morgan fingerprint density at radius 3 is 2.41 bits per heavy atom. The van der Waals surface area contributed by atoms with E-state index in [0.29, 0.717) is 16.7 Å². The van der Waals surface area contributed by atoms with Crippen molar-refractivity contribution in [2.24, 2.45) is 7.05 Å². The molecule has 8 nitrogen and oxygen atoms in total. The van der Waals surface area contributed by atoms with Gasteiger partial charge in [-0.1, -0.05) is 30.3 Å². The minimum Gasteiger partial charge on any atom is -0.454 e. The molecule has 1 aromatic heterocycles. The topological polar surface area (TPSA) is 97.3 Å². The lowest BCUT2D eigenvalue weighted by Crippen LogP contribution is -2.36. The van der Waals surface area contributed by atoms with E-state index in [1.807, 2.05) is 18.2 Å². The smallest absolute Gasteiger partial charge is 0.329 e. The summed E-state index contributed by atoms with van der Waals surface area (Å²) in [6, 6.07) is 18.0. The van der Waals surface area contributed by atoms with Gasteiger partial charge in [-0.3, -0.25) is 18.7 Å². The Morgan fingerprint density at radius 1 is 1.07 bits per heavy atom. The molecule has 0 unspecified atom stereocenters. The second-order valence-electron chi connectivity index (χ2n) is 6.37. The van der Waals surface area contributed by atoms with E-state index in [2.05, 4.69) is 0 Å². The van der Waals surface area contributed by atoms with E-state index < -0.39 is 18.5 Å². The summed E-state index contributed by atoms with van der Waals surface area (Å²) in [4.78, 5) is 38.6. The fourth-order valence-electron chi connectivity index (χ4n) is 3.08. The van der Waals surface area contributed by atoms with Crippen LogP contribution in [0.15, 0.2) is 59.4 Å². The van der Waals surface area contributed by atoms with Gasteiger partial charge < -0.3 is 9.64 Å². The number of carbonyl (C=O) groups excluding carboxylic acids is 2. The van der Waals surface area contributed by atoms with Crippen molar-refractivity contribution >= 4 is 28.6 Å². The lowest BCUT2D eigenvalue weighted by Gasteiger charge is -2.21. The monoisotopic (exact) mass is 392 g/mol. The number of aryl methyl sites for hydroxylation is 1. The normalized spacial score (nSPS) is 10.5. The molecule has 2 aromatic carbocycles. The molecule has 0 aliphatic heterocycles. The fourth-order valence-corrected chi connectivity index (χ4v) is 3.08. The van der Waals surface area contributed by atoms with Crippen LogP contribution in [0.25, 0.3) is 11.0 Å². The summed E-state index contributed by atoms with van der Waals surface area (Å²) in [5.41, 5.74) is 1.60. The number of esters is 1. The molecule has 8 heteroatoms. The Labute approximate surface area is 167 Å². The highest BCUT2D eigenvalue weighted by Crippen LogP contribution is 2.14. The van der Waals surface area contributed by atoms with Gasteiger partial charge in [0.15, 0.2) is 6.61 Å². The van der Waals surface area contributed by atoms with Crippen molar-refractivity contribution in [3.05, 3.63) is 65.1 Å². The molecule has 0 saturated carbocycles. The van der Waals surface area contributed by atoms with E-state index in [9.17, 15) is 14.4 Å². The minimum atomic E-state index is -0.690. The van der Waals surface area contributed by atoms with Crippen LogP contribution in [0.2, 0.25) is 0 Å². The first-order valence-electron chi connectivity index (χ1n) is 9.05. The van der Waals surface area contributed by atoms with Crippen molar-refractivity contribution in [1.82, 2.24) is 9.13 Å². The number of para-hydroxylation sites is 3. The average molecular weight is 392 g/mol. The number of hydrogen-bond donors (Lipinski definition) is 0. The van der Waals surface area contributed by atoms with Crippen LogP contribution >= 0.6 is 0 Å². The van der Waals surface area contributed by atoms with Gasteiger partial charge in [-0.2, -0.15) is 5.26 Å². The van der Waals surface area contributed by atoms with Crippen LogP contribution < -0.4 is 10.6 Å². The predicted octanol–water partition coefficient (Wildman–Crippen LogP) is 1.83. The largest absolute Gasteiger partial charge is 0.454 e. The van der Waals surface area contributed by atoms with E-state index in [1.165, 1.54) is 14.0 Å². The first kappa shape index (κ1) is 19.9. The quantitative estimate of drug-likeness (QED) is 0.572. The Balaban J connectivity index is 1.68. The van der Waals surface area contributed by atoms with Crippen molar-refractivity contribution in [1.29, 1.82) is 5.26 Å². The number of fused-ring (bicyclic) bond motifs is 1. The Bertz CT molecular complexity index is 1130. The average Bonchev–Trinajstić information content (AvgIpc) is 2.98.